The van der Waals surface area contributed by atoms with Gasteiger partial charge in [-0.2, -0.15) is 5.26 Å². The number of ether oxygens (including phenoxy) is 1. The van der Waals surface area contributed by atoms with Crippen molar-refractivity contribution in [2.45, 2.75) is 19.5 Å². The van der Waals surface area contributed by atoms with Crippen molar-refractivity contribution in [1.29, 1.82) is 5.26 Å². The van der Waals surface area contributed by atoms with Gasteiger partial charge in [-0.1, -0.05) is 29.8 Å². The summed E-state index contributed by atoms with van der Waals surface area (Å²) in [5.74, 6) is 0.604. The summed E-state index contributed by atoms with van der Waals surface area (Å²) in [6, 6.07) is 15.8. The van der Waals surface area contributed by atoms with E-state index in [4.69, 9.17) is 21.6 Å². The molecule has 1 atom stereocenters. The molecule has 0 saturated carbocycles. The van der Waals surface area contributed by atoms with E-state index in [2.05, 4.69) is 18.3 Å². The molecule has 0 saturated heterocycles. The van der Waals surface area contributed by atoms with Crippen molar-refractivity contribution in [1.82, 2.24) is 5.32 Å². The molecular weight excluding hydrogens is 284 g/mol. The molecule has 108 valence electrons. The summed E-state index contributed by atoms with van der Waals surface area (Å²) in [6.45, 7) is 2.78. The number of methoxy groups -OCH3 is 1. The summed E-state index contributed by atoms with van der Waals surface area (Å²) in [6.07, 6.45) is 0. The van der Waals surface area contributed by atoms with E-state index in [1.54, 1.807) is 7.11 Å². The molecule has 0 bridgehead atoms. The highest BCUT2D eigenvalue weighted by atomic mass is 35.5. The SMILES string of the molecule is COc1ccc(CNC(C)c2ccc(Cl)cc2)cc1C#N. The van der Waals surface area contributed by atoms with Gasteiger partial charge >= 0.3 is 0 Å². The van der Waals surface area contributed by atoms with Crippen molar-refractivity contribution in [3.05, 3.63) is 64.2 Å². The fraction of sp³-hybridized carbons (Fsp3) is 0.235. The van der Waals surface area contributed by atoms with Crippen LogP contribution in [0.5, 0.6) is 5.75 Å². The zero-order chi connectivity index (χ0) is 15.2. The van der Waals surface area contributed by atoms with E-state index in [0.29, 0.717) is 17.9 Å². The van der Waals surface area contributed by atoms with Gasteiger partial charge in [-0.05, 0) is 42.3 Å². The molecule has 0 fully saturated rings. The van der Waals surface area contributed by atoms with Gasteiger partial charge in [0.05, 0.1) is 12.7 Å². The van der Waals surface area contributed by atoms with Gasteiger partial charge in [0.25, 0.3) is 0 Å². The summed E-state index contributed by atoms with van der Waals surface area (Å²) >= 11 is 5.89. The van der Waals surface area contributed by atoms with Crippen molar-refractivity contribution in [2.24, 2.45) is 0 Å². The Morgan fingerprint density at radius 2 is 1.95 bits per heavy atom. The number of rotatable bonds is 5. The summed E-state index contributed by atoms with van der Waals surface area (Å²) in [7, 11) is 1.57. The second kappa shape index (κ2) is 7.12. The van der Waals surface area contributed by atoms with Gasteiger partial charge in [-0.25, -0.2) is 0 Å². The van der Waals surface area contributed by atoms with Crippen molar-refractivity contribution < 1.29 is 4.74 Å². The molecule has 0 aliphatic carbocycles. The molecule has 0 radical (unpaired) electrons. The van der Waals surface area contributed by atoms with Gasteiger partial charge in [0, 0.05) is 17.6 Å². The lowest BCUT2D eigenvalue weighted by Gasteiger charge is -2.15. The third-order valence-electron chi connectivity index (χ3n) is 3.37. The van der Waals surface area contributed by atoms with Gasteiger partial charge < -0.3 is 10.1 Å². The third kappa shape index (κ3) is 3.98. The van der Waals surface area contributed by atoms with Crippen molar-refractivity contribution >= 4 is 11.6 Å². The normalized spacial score (nSPS) is 11.7. The maximum absolute atomic E-state index is 9.09. The standard InChI is InChI=1S/C17H17ClN2O/c1-12(14-4-6-16(18)7-5-14)20-11-13-3-8-17(21-2)15(9-13)10-19/h3-9,12,20H,11H2,1-2H3. The second-order valence-corrected chi connectivity index (χ2v) is 5.24. The van der Waals surface area contributed by atoms with E-state index in [0.717, 1.165) is 10.6 Å². The van der Waals surface area contributed by atoms with Crippen LogP contribution in [0.4, 0.5) is 0 Å². The zero-order valence-electron chi connectivity index (χ0n) is 12.1. The topological polar surface area (TPSA) is 45.0 Å². The lowest BCUT2D eigenvalue weighted by molar-refractivity contribution is 0.413. The summed E-state index contributed by atoms with van der Waals surface area (Å²) < 4.78 is 5.14. The summed E-state index contributed by atoms with van der Waals surface area (Å²) in [5.41, 5.74) is 2.78. The first-order valence-electron chi connectivity index (χ1n) is 6.70. The van der Waals surface area contributed by atoms with Crippen LogP contribution >= 0.6 is 11.6 Å². The molecule has 2 aromatic rings. The first kappa shape index (κ1) is 15.4. The van der Waals surface area contributed by atoms with Crippen LogP contribution in [0.1, 0.15) is 29.7 Å². The van der Waals surface area contributed by atoms with Crippen LogP contribution in [0.15, 0.2) is 42.5 Å². The lowest BCUT2D eigenvalue weighted by Crippen LogP contribution is -2.18. The molecule has 4 heteroatoms. The van der Waals surface area contributed by atoms with Gasteiger partial charge in [-0.3, -0.25) is 0 Å². The van der Waals surface area contributed by atoms with Gasteiger partial charge in [0.1, 0.15) is 11.8 Å². The van der Waals surface area contributed by atoms with E-state index in [9.17, 15) is 0 Å². The lowest BCUT2D eigenvalue weighted by atomic mass is 10.1. The molecule has 0 spiro atoms. The van der Waals surface area contributed by atoms with E-state index in [1.807, 2.05) is 42.5 Å². The number of nitrogens with zero attached hydrogens (tertiary/aromatic N) is 1. The first-order valence-corrected chi connectivity index (χ1v) is 7.07. The second-order valence-electron chi connectivity index (χ2n) is 4.80. The predicted molar refractivity (Wildman–Crippen MR) is 84.4 cm³/mol. The third-order valence-corrected chi connectivity index (χ3v) is 3.62. The number of hydrogen-bond acceptors (Lipinski definition) is 3. The molecule has 1 unspecified atom stereocenters. The average Bonchev–Trinajstić information content (AvgIpc) is 2.52. The predicted octanol–water partition coefficient (Wildman–Crippen LogP) is 4.07. The molecular formula is C17H17ClN2O. The summed E-state index contributed by atoms with van der Waals surface area (Å²) in [5, 5.41) is 13.3. The number of nitrogens with one attached hydrogen (secondary N) is 1. The van der Waals surface area contributed by atoms with E-state index < -0.39 is 0 Å². The minimum Gasteiger partial charge on any atom is -0.495 e. The molecule has 3 nitrogen and oxygen atoms in total. The Labute approximate surface area is 130 Å². The summed E-state index contributed by atoms with van der Waals surface area (Å²) in [4.78, 5) is 0. The first-order chi connectivity index (χ1) is 10.1. The average molecular weight is 301 g/mol. The quantitative estimate of drug-likeness (QED) is 0.905. The van der Waals surface area contributed by atoms with Crippen LogP contribution in [0.2, 0.25) is 5.02 Å². The van der Waals surface area contributed by atoms with Gasteiger partial charge in [0.2, 0.25) is 0 Å². The molecule has 2 rings (SSSR count). The van der Waals surface area contributed by atoms with E-state index in [-0.39, 0.29) is 6.04 Å². The molecule has 0 aromatic heterocycles. The van der Waals surface area contributed by atoms with Crippen molar-refractivity contribution in [3.8, 4) is 11.8 Å². The minimum atomic E-state index is 0.204. The number of hydrogen-bond donors (Lipinski definition) is 1. The fourth-order valence-corrected chi connectivity index (χ4v) is 2.22. The highest BCUT2D eigenvalue weighted by Gasteiger charge is 2.07. The smallest absolute Gasteiger partial charge is 0.136 e. The zero-order valence-corrected chi connectivity index (χ0v) is 12.8. The molecule has 0 aliphatic rings. The molecule has 0 heterocycles. The largest absolute Gasteiger partial charge is 0.495 e. The fourth-order valence-electron chi connectivity index (χ4n) is 2.09. The van der Waals surface area contributed by atoms with Crippen molar-refractivity contribution in [3.63, 3.8) is 0 Å². The number of nitriles is 1. The van der Waals surface area contributed by atoms with Crippen LogP contribution in [-0.2, 0) is 6.54 Å². The Morgan fingerprint density at radius 3 is 2.57 bits per heavy atom. The van der Waals surface area contributed by atoms with E-state index >= 15 is 0 Å². The highest BCUT2D eigenvalue weighted by molar-refractivity contribution is 6.30. The van der Waals surface area contributed by atoms with E-state index in [1.165, 1.54) is 5.56 Å². The van der Waals surface area contributed by atoms with Gasteiger partial charge in [0.15, 0.2) is 0 Å². The highest BCUT2D eigenvalue weighted by Crippen LogP contribution is 2.20. The Morgan fingerprint density at radius 1 is 1.24 bits per heavy atom. The van der Waals surface area contributed by atoms with Crippen LogP contribution in [0.25, 0.3) is 0 Å². The van der Waals surface area contributed by atoms with Crippen LogP contribution in [-0.4, -0.2) is 7.11 Å². The number of halogens is 1. The van der Waals surface area contributed by atoms with Crippen molar-refractivity contribution in [2.75, 3.05) is 7.11 Å². The monoisotopic (exact) mass is 300 g/mol. The molecule has 0 amide bonds. The Bertz CT molecular complexity index is 647. The maximum Gasteiger partial charge on any atom is 0.136 e. The molecule has 0 aliphatic heterocycles. The molecule has 2 aromatic carbocycles. The maximum atomic E-state index is 9.09. The van der Waals surface area contributed by atoms with Gasteiger partial charge in [-0.15, -0.1) is 0 Å². The minimum absolute atomic E-state index is 0.204. The van der Waals surface area contributed by atoms with Crippen LogP contribution in [0, 0.1) is 11.3 Å². The molecule has 1 N–H and O–H groups in total. The molecule has 21 heavy (non-hydrogen) atoms. The van der Waals surface area contributed by atoms with Crippen LogP contribution < -0.4 is 10.1 Å². The number of benzene rings is 2. The Kier molecular flexibility index (Phi) is 5.21. The van der Waals surface area contributed by atoms with Crippen LogP contribution in [0.3, 0.4) is 0 Å². The Balaban J connectivity index is 2.03. The Hall–Kier alpha value is -2.02.